The van der Waals surface area contributed by atoms with E-state index in [2.05, 4.69) is 31.9 Å². The Labute approximate surface area is 86.9 Å². The van der Waals surface area contributed by atoms with Crippen molar-refractivity contribution in [2.45, 2.75) is 32.1 Å². The molecule has 0 heterocycles. The predicted molar refractivity (Wildman–Crippen MR) is 62.1 cm³/mol. The second-order valence-electron chi connectivity index (χ2n) is 3.96. The molecule has 0 aromatic heterocycles. The average Bonchev–Trinajstić information content (AvgIpc) is 2.02. The first kappa shape index (κ1) is 13.2. The highest BCUT2D eigenvalue weighted by molar-refractivity contribution is 8.03. The third-order valence-corrected chi connectivity index (χ3v) is 5.22. The van der Waals surface area contributed by atoms with Crippen LogP contribution in [0.3, 0.4) is 0 Å². The van der Waals surface area contributed by atoms with Gasteiger partial charge in [0.25, 0.3) is 0 Å². The minimum atomic E-state index is -2.00. The largest absolute Gasteiger partial charge is 0.395 e. The predicted octanol–water partition coefficient (Wildman–Crippen LogP) is 2.94. The molecule has 0 rings (SSSR count). The van der Waals surface area contributed by atoms with Gasteiger partial charge in [-0.15, -0.1) is 11.8 Å². The van der Waals surface area contributed by atoms with Crippen LogP contribution in [0.5, 0.6) is 0 Å². The van der Waals surface area contributed by atoms with E-state index in [1.165, 1.54) is 0 Å². The Bertz CT molecular complexity index is 171. The molecule has 0 aliphatic carbocycles. The number of thioether (sulfide) groups is 1. The SMILES string of the molecule is CO[Si](C)(/C=C/SC(C)(C)C)OC. The molecule has 0 radical (unpaired) electrons. The van der Waals surface area contributed by atoms with Crippen LogP contribution in [0.4, 0.5) is 0 Å². The lowest BCUT2D eigenvalue weighted by molar-refractivity contribution is 0.264. The molecule has 2 nitrogen and oxygen atoms in total. The summed E-state index contributed by atoms with van der Waals surface area (Å²) in [5, 5.41) is 2.08. The molecule has 0 spiro atoms. The highest BCUT2D eigenvalue weighted by Crippen LogP contribution is 2.25. The zero-order valence-corrected chi connectivity index (χ0v) is 11.2. The lowest BCUT2D eigenvalue weighted by Gasteiger charge is -2.19. The second-order valence-corrected chi connectivity index (χ2v) is 8.87. The fourth-order valence-electron chi connectivity index (χ4n) is 0.581. The first-order chi connectivity index (χ1) is 5.83. The Kier molecular flexibility index (Phi) is 5.28. The van der Waals surface area contributed by atoms with Gasteiger partial charge in [-0.2, -0.15) is 0 Å². The van der Waals surface area contributed by atoms with Crippen LogP contribution in [0.2, 0.25) is 6.55 Å². The minimum Gasteiger partial charge on any atom is -0.395 e. The van der Waals surface area contributed by atoms with E-state index >= 15 is 0 Å². The topological polar surface area (TPSA) is 18.5 Å². The summed E-state index contributed by atoms with van der Waals surface area (Å²) in [7, 11) is 1.39. The zero-order chi connectivity index (χ0) is 10.5. The van der Waals surface area contributed by atoms with Crippen LogP contribution in [-0.4, -0.2) is 27.5 Å². The van der Waals surface area contributed by atoms with Gasteiger partial charge in [0, 0.05) is 19.0 Å². The van der Waals surface area contributed by atoms with E-state index in [9.17, 15) is 0 Å². The van der Waals surface area contributed by atoms with Gasteiger partial charge in [-0.3, -0.25) is 0 Å². The number of rotatable bonds is 4. The Morgan fingerprint density at radius 1 is 1.15 bits per heavy atom. The van der Waals surface area contributed by atoms with Gasteiger partial charge in [0.2, 0.25) is 0 Å². The van der Waals surface area contributed by atoms with Gasteiger partial charge >= 0.3 is 8.56 Å². The standard InChI is InChI=1S/C9H20O2SSi/c1-9(2,3)12-7-8-13(6,10-4)11-5/h7-8H,1-6H3/b8-7+. The average molecular weight is 220 g/mol. The molecule has 0 amide bonds. The van der Waals surface area contributed by atoms with Crippen molar-refractivity contribution in [3.8, 4) is 0 Å². The van der Waals surface area contributed by atoms with Crippen molar-refractivity contribution in [1.82, 2.24) is 0 Å². The van der Waals surface area contributed by atoms with Gasteiger partial charge in [-0.05, 0) is 17.7 Å². The van der Waals surface area contributed by atoms with Gasteiger partial charge < -0.3 is 8.85 Å². The molecule has 4 heteroatoms. The normalized spacial score (nSPS) is 14.0. The molecule has 0 saturated heterocycles. The lowest BCUT2D eigenvalue weighted by Crippen LogP contribution is -2.33. The molecular weight excluding hydrogens is 200 g/mol. The fourth-order valence-corrected chi connectivity index (χ4v) is 2.69. The number of hydrogen-bond acceptors (Lipinski definition) is 3. The third-order valence-electron chi connectivity index (χ3n) is 1.60. The van der Waals surface area contributed by atoms with Crippen molar-refractivity contribution in [3.63, 3.8) is 0 Å². The molecule has 0 aromatic rings. The Morgan fingerprint density at radius 2 is 1.62 bits per heavy atom. The molecule has 0 atom stereocenters. The van der Waals surface area contributed by atoms with Crippen LogP contribution in [-0.2, 0) is 8.85 Å². The summed E-state index contributed by atoms with van der Waals surface area (Å²) >= 11 is 1.79. The van der Waals surface area contributed by atoms with Gasteiger partial charge in [0.05, 0.1) is 0 Å². The van der Waals surface area contributed by atoms with E-state index in [0.29, 0.717) is 0 Å². The van der Waals surface area contributed by atoms with Crippen molar-refractivity contribution in [2.75, 3.05) is 14.2 Å². The highest BCUT2D eigenvalue weighted by atomic mass is 32.2. The first-order valence-corrected chi connectivity index (χ1v) is 7.56. The summed E-state index contributed by atoms with van der Waals surface area (Å²) < 4.78 is 10.9. The van der Waals surface area contributed by atoms with Crippen LogP contribution >= 0.6 is 11.8 Å². The summed E-state index contributed by atoms with van der Waals surface area (Å²) in [5.41, 5.74) is 2.06. The van der Waals surface area contributed by atoms with Crippen molar-refractivity contribution < 1.29 is 8.85 Å². The maximum absolute atomic E-state index is 5.32. The van der Waals surface area contributed by atoms with Crippen molar-refractivity contribution in [2.24, 2.45) is 0 Å². The quantitative estimate of drug-likeness (QED) is 0.679. The van der Waals surface area contributed by atoms with Gasteiger partial charge in [0.1, 0.15) is 0 Å². The zero-order valence-electron chi connectivity index (χ0n) is 9.38. The smallest absolute Gasteiger partial charge is 0.361 e. The molecule has 13 heavy (non-hydrogen) atoms. The first-order valence-electron chi connectivity index (χ1n) is 4.29. The fraction of sp³-hybridized carbons (Fsp3) is 0.778. The summed E-state index contributed by atoms with van der Waals surface area (Å²) in [6, 6.07) is 0. The van der Waals surface area contributed by atoms with E-state index in [1.807, 2.05) is 6.55 Å². The van der Waals surface area contributed by atoms with Crippen molar-refractivity contribution in [3.05, 3.63) is 11.1 Å². The number of hydrogen-bond donors (Lipinski definition) is 0. The molecular formula is C9H20O2SSi. The summed E-state index contributed by atoms with van der Waals surface area (Å²) in [6.45, 7) is 8.56. The maximum atomic E-state index is 5.32. The summed E-state index contributed by atoms with van der Waals surface area (Å²) in [5.74, 6) is 0. The Hall–Kier alpha value is 0.227. The molecule has 0 aliphatic rings. The molecule has 0 fully saturated rings. The van der Waals surface area contributed by atoms with Crippen molar-refractivity contribution in [1.29, 1.82) is 0 Å². The summed E-state index contributed by atoms with van der Waals surface area (Å²) in [6.07, 6.45) is 0. The van der Waals surface area contributed by atoms with Gasteiger partial charge in [0.15, 0.2) is 0 Å². The lowest BCUT2D eigenvalue weighted by atomic mass is 10.3. The highest BCUT2D eigenvalue weighted by Gasteiger charge is 2.24. The molecule has 0 N–H and O–H groups in total. The molecule has 0 bridgehead atoms. The molecule has 78 valence electrons. The van der Waals surface area contributed by atoms with Crippen LogP contribution in [0.25, 0.3) is 0 Å². The minimum absolute atomic E-state index is 0.257. The second kappa shape index (κ2) is 5.19. The summed E-state index contributed by atoms with van der Waals surface area (Å²) in [4.78, 5) is 0. The Balaban J connectivity index is 4.10. The molecule has 0 aromatic carbocycles. The van der Waals surface area contributed by atoms with Gasteiger partial charge in [-0.25, -0.2) is 0 Å². The van der Waals surface area contributed by atoms with Crippen LogP contribution < -0.4 is 0 Å². The van der Waals surface area contributed by atoms with E-state index < -0.39 is 8.56 Å². The van der Waals surface area contributed by atoms with E-state index in [0.717, 1.165) is 0 Å². The van der Waals surface area contributed by atoms with Crippen LogP contribution in [0.15, 0.2) is 11.1 Å². The molecule has 0 unspecified atom stereocenters. The monoisotopic (exact) mass is 220 g/mol. The third kappa shape index (κ3) is 6.32. The van der Waals surface area contributed by atoms with Gasteiger partial charge in [-0.1, -0.05) is 20.8 Å². The van der Waals surface area contributed by atoms with E-state index in [-0.39, 0.29) is 4.75 Å². The molecule has 0 aliphatic heterocycles. The van der Waals surface area contributed by atoms with E-state index in [1.54, 1.807) is 26.0 Å². The molecule has 0 saturated carbocycles. The van der Waals surface area contributed by atoms with E-state index in [4.69, 9.17) is 8.85 Å². The van der Waals surface area contributed by atoms with Crippen molar-refractivity contribution >= 4 is 20.3 Å². The van der Waals surface area contributed by atoms with Crippen LogP contribution in [0.1, 0.15) is 20.8 Å². The van der Waals surface area contributed by atoms with Crippen LogP contribution in [0, 0.1) is 0 Å². The Morgan fingerprint density at radius 3 is 1.92 bits per heavy atom. The maximum Gasteiger partial charge on any atom is 0.361 e.